The predicted octanol–water partition coefficient (Wildman–Crippen LogP) is 1.39. The molecule has 0 spiro atoms. The number of allylic oxidation sites excluding steroid dienone is 3. The molecule has 0 saturated carbocycles. The van der Waals surface area contributed by atoms with Crippen molar-refractivity contribution in [3.63, 3.8) is 0 Å². The molecule has 78 valence electrons. The van der Waals surface area contributed by atoms with Crippen LogP contribution in [-0.4, -0.2) is 38.5 Å². The molecule has 0 saturated heterocycles. The Morgan fingerprint density at radius 3 is 2.57 bits per heavy atom. The molecule has 0 aromatic carbocycles. The van der Waals surface area contributed by atoms with Crippen LogP contribution in [0.5, 0.6) is 0 Å². The van der Waals surface area contributed by atoms with E-state index < -0.39 is 0 Å². The number of hydrogen-bond acceptors (Lipinski definition) is 3. The quantitative estimate of drug-likeness (QED) is 0.349. The van der Waals surface area contributed by atoms with Crippen LogP contribution in [0.25, 0.3) is 0 Å². The Balaban J connectivity index is 4.00. The zero-order valence-corrected chi connectivity index (χ0v) is 8.82. The van der Waals surface area contributed by atoms with Gasteiger partial charge in [-0.05, 0) is 6.08 Å². The van der Waals surface area contributed by atoms with Crippen LogP contribution in [0.3, 0.4) is 0 Å². The number of aldehydes is 1. The van der Waals surface area contributed by atoms with Gasteiger partial charge in [0.2, 0.25) is 0 Å². The van der Waals surface area contributed by atoms with Gasteiger partial charge in [0.25, 0.3) is 0 Å². The van der Waals surface area contributed by atoms with Crippen molar-refractivity contribution in [2.45, 2.75) is 0 Å². The lowest BCUT2D eigenvalue weighted by Crippen LogP contribution is -2.20. The zero-order valence-electron chi connectivity index (χ0n) is 8.82. The summed E-state index contributed by atoms with van der Waals surface area (Å²) in [6.07, 6.45) is 4.10. The van der Waals surface area contributed by atoms with E-state index in [1.807, 2.05) is 11.9 Å². The van der Waals surface area contributed by atoms with E-state index >= 15 is 0 Å². The van der Waals surface area contributed by atoms with Crippen molar-refractivity contribution >= 4 is 6.29 Å². The molecule has 0 rings (SSSR count). The summed E-state index contributed by atoms with van der Waals surface area (Å²) >= 11 is 0. The van der Waals surface area contributed by atoms with Crippen LogP contribution in [0.4, 0.5) is 0 Å². The van der Waals surface area contributed by atoms with E-state index in [0.717, 1.165) is 12.2 Å². The van der Waals surface area contributed by atoms with Gasteiger partial charge in [0.05, 0.1) is 6.61 Å². The molecule has 0 aromatic heterocycles. The van der Waals surface area contributed by atoms with Crippen molar-refractivity contribution in [3.05, 3.63) is 36.6 Å². The fraction of sp³-hybridized carbons (Fsp3) is 0.364. The van der Waals surface area contributed by atoms with E-state index in [4.69, 9.17) is 4.74 Å². The molecule has 0 aliphatic rings. The summed E-state index contributed by atoms with van der Waals surface area (Å²) in [5.41, 5.74) is 1.26. The maximum absolute atomic E-state index is 10.2. The standard InChI is InChI=1S/C11H17NO2/c1-10(9-13)5-6-11(2)12(3)7-8-14-4/h5-6,9H,1-2,7-8H2,3-4H3/b6-5-. The highest BCUT2D eigenvalue weighted by atomic mass is 16.5. The second kappa shape index (κ2) is 7.09. The van der Waals surface area contributed by atoms with Crippen molar-refractivity contribution in [2.24, 2.45) is 0 Å². The van der Waals surface area contributed by atoms with Crippen molar-refractivity contribution in [3.8, 4) is 0 Å². The van der Waals surface area contributed by atoms with E-state index in [0.29, 0.717) is 18.5 Å². The normalized spacial score (nSPS) is 10.1. The predicted molar refractivity (Wildman–Crippen MR) is 58.0 cm³/mol. The van der Waals surface area contributed by atoms with Gasteiger partial charge in [-0.15, -0.1) is 0 Å². The Kier molecular flexibility index (Phi) is 6.41. The van der Waals surface area contributed by atoms with Crippen molar-refractivity contribution < 1.29 is 9.53 Å². The first-order valence-electron chi connectivity index (χ1n) is 4.33. The van der Waals surface area contributed by atoms with Gasteiger partial charge >= 0.3 is 0 Å². The monoisotopic (exact) mass is 195 g/mol. The molecule has 3 heteroatoms. The van der Waals surface area contributed by atoms with Crippen LogP contribution in [0.2, 0.25) is 0 Å². The number of likely N-dealkylation sites (N-methyl/N-ethyl adjacent to an activating group) is 1. The van der Waals surface area contributed by atoms with Crippen molar-refractivity contribution in [1.82, 2.24) is 4.90 Å². The van der Waals surface area contributed by atoms with Gasteiger partial charge < -0.3 is 9.64 Å². The van der Waals surface area contributed by atoms with Gasteiger partial charge in [-0.25, -0.2) is 0 Å². The molecule has 3 nitrogen and oxygen atoms in total. The zero-order chi connectivity index (χ0) is 11.0. The second-order valence-corrected chi connectivity index (χ2v) is 2.93. The molecule has 0 bridgehead atoms. The summed E-state index contributed by atoms with van der Waals surface area (Å²) in [6, 6.07) is 0. The fourth-order valence-electron chi connectivity index (χ4n) is 0.742. The SMILES string of the molecule is C=C(C=O)/C=C\C(=C)N(C)CCOC. The van der Waals surface area contributed by atoms with Gasteiger partial charge in [-0.2, -0.15) is 0 Å². The van der Waals surface area contributed by atoms with E-state index in [9.17, 15) is 4.79 Å². The molecule has 0 fully saturated rings. The van der Waals surface area contributed by atoms with Crippen LogP contribution in [0, 0.1) is 0 Å². The molecule has 0 aliphatic carbocycles. The Morgan fingerprint density at radius 1 is 1.43 bits per heavy atom. The summed E-state index contributed by atoms with van der Waals surface area (Å²) < 4.78 is 4.93. The Bertz CT molecular complexity index is 244. The highest BCUT2D eigenvalue weighted by Gasteiger charge is 1.97. The Morgan fingerprint density at radius 2 is 2.07 bits per heavy atom. The minimum absolute atomic E-state index is 0.436. The molecular weight excluding hydrogens is 178 g/mol. The maximum Gasteiger partial charge on any atom is 0.149 e. The number of methoxy groups -OCH3 is 1. The van der Waals surface area contributed by atoms with Crippen LogP contribution >= 0.6 is 0 Å². The molecule has 0 aromatic rings. The van der Waals surface area contributed by atoms with Gasteiger partial charge in [0.1, 0.15) is 6.29 Å². The summed E-state index contributed by atoms with van der Waals surface area (Å²) in [5.74, 6) is 0. The molecule has 0 unspecified atom stereocenters. The smallest absolute Gasteiger partial charge is 0.149 e. The first-order chi connectivity index (χ1) is 6.61. The topological polar surface area (TPSA) is 29.5 Å². The average Bonchev–Trinajstić information content (AvgIpc) is 2.21. The Hall–Kier alpha value is -1.35. The lowest BCUT2D eigenvalue weighted by molar-refractivity contribution is -0.104. The molecule has 0 radical (unpaired) electrons. The third-order valence-corrected chi connectivity index (χ3v) is 1.76. The number of carbonyl (C=O) groups is 1. The van der Waals surface area contributed by atoms with Crippen LogP contribution < -0.4 is 0 Å². The molecule has 0 heterocycles. The number of nitrogens with zero attached hydrogens (tertiary/aromatic N) is 1. The van der Waals surface area contributed by atoms with Crippen LogP contribution in [0.1, 0.15) is 0 Å². The molecule has 0 amide bonds. The third-order valence-electron chi connectivity index (χ3n) is 1.76. The maximum atomic E-state index is 10.2. The molecule has 0 N–H and O–H groups in total. The second-order valence-electron chi connectivity index (χ2n) is 2.93. The average molecular weight is 195 g/mol. The summed E-state index contributed by atoms with van der Waals surface area (Å²) in [7, 11) is 3.57. The van der Waals surface area contributed by atoms with Gasteiger partial charge in [-0.3, -0.25) is 4.79 Å². The summed E-state index contributed by atoms with van der Waals surface area (Å²) in [4.78, 5) is 12.2. The van der Waals surface area contributed by atoms with Gasteiger partial charge in [-0.1, -0.05) is 19.2 Å². The lowest BCUT2D eigenvalue weighted by Gasteiger charge is -2.18. The molecule has 14 heavy (non-hydrogen) atoms. The first-order valence-corrected chi connectivity index (χ1v) is 4.33. The Labute approximate surface area is 85.4 Å². The number of rotatable bonds is 7. The highest BCUT2D eigenvalue weighted by Crippen LogP contribution is 2.01. The lowest BCUT2D eigenvalue weighted by atomic mass is 10.3. The highest BCUT2D eigenvalue weighted by molar-refractivity contribution is 5.76. The fourth-order valence-corrected chi connectivity index (χ4v) is 0.742. The number of hydrogen-bond donors (Lipinski definition) is 0. The molecule has 0 aliphatic heterocycles. The minimum atomic E-state index is 0.436. The first kappa shape index (κ1) is 12.7. The summed E-state index contributed by atoms with van der Waals surface area (Å²) in [5, 5.41) is 0. The van der Waals surface area contributed by atoms with Crippen LogP contribution in [0.15, 0.2) is 36.6 Å². The molecule has 0 atom stereocenters. The van der Waals surface area contributed by atoms with Crippen LogP contribution in [-0.2, 0) is 9.53 Å². The third kappa shape index (κ3) is 5.32. The van der Waals surface area contributed by atoms with Crippen molar-refractivity contribution in [2.75, 3.05) is 27.3 Å². The van der Waals surface area contributed by atoms with Gasteiger partial charge in [0.15, 0.2) is 0 Å². The van der Waals surface area contributed by atoms with E-state index in [-0.39, 0.29) is 0 Å². The minimum Gasteiger partial charge on any atom is -0.383 e. The molecular formula is C11H17NO2. The van der Waals surface area contributed by atoms with E-state index in [1.165, 1.54) is 0 Å². The van der Waals surface area contributed by atoms with Gasteiger partial charge in [0, 0.05) is 32.0 Å². The summed E-state index contributed by atoms with van der Waals surface area (Å²) in [6.45, 7) is 8.79. The number of ether oxygens (including phenoxy) is 1. The van der Waals surface area contributed by atoms with Crippen molar-refractivity contribution in [1.29, 1.82) is 0 Å². The largest absolute Gasteiger partial charge is 0.383 e. The van der Waals surface area contributed by atoms with E-state index in [2.05, 4.69) is 13.2 Å². The number of carbonyl (C=O) groups excluding carboxylic acids is 1. The van der Waals surface area contributed by atoms with E-state index in [1.54, 1.807) is 19.3 Å².